The highest BCUT2D eigenvalue weighted by Gasteiger charge is 2.25. The number of phenols is 1. The van der Waals surface area contributed by atoms with Gasteiger partial charge in [0.05, 0.1) is 6.10 Å². The Morgan fingerprint density at radius 1 is 1.32 bits per heavy atom. The van der Waals surface area contributed by atoms with E-state index in [1.165, 1.54) is 24.0 Å². The van der Waals surface area contributed by atoms with E-state index in [2.05, 4.69) is 18.3 Å². The number of ether oxygens (including phenoxy) is 1. The number of rotatable bonds is 2. The standard InChI is InChI=1S/C16H23NO2/c1-11-9-13(7-8-19-11)17-16-4-2-3-12-10-14(18)5-6-15(12)16/h5-6,10-11,13,16-18H,2-4,7-9H2,1H3. The molecule has 0 radical (unpaired) electrons. The van der Waals surface area contributed by atoms with Gasteiger partial charge in [-0.25, -0.2) is 0 Å². The molecule has 1 heterocycles. The van der Waals surface area contributed by atoms with E-state index in [4.69, 9.17) is 4.74 Å². The van der Waals surface area contributed by atoms with Crippen molar-refractivity contribution in [3.05, 3.63) is 29.3 Å². The summed E-state index contributed by atoms with van der Waals surface area (Å²) in [4.78, 5) is 0. The van der Waals surface area contributed by atoms with Crippen molar-refractivity contribution in [1.29, 1.82) is 0 Å². The number of phenolic OH excluding ortho intramolecular Hbond substituents is 1. The fraction of sp³-hybridized carbons (Fsp3) is 0.625. The Balaban J connectivity index is 1.72. The minimum absolute atomic E-state index is 0.370. The number of hydrogen-bond donors (Lipinski definition) is 2. The number of hydrogen-bond acceptors (Lipinski definition) is 3. The van der Waals surface area contributed by atoms with E-state index in [0.29, 0.717) is 23.9 Å². The lowest BCUT2D eigenvalue weighted by Crippen LogP contribution is -2.40. The van der Waals surface area contributed by atoms with Gasteiger partial charge in [0.1, 0.15) is 5.75 Å². The van der Waals surface area contributed by atoms with E-state index in [9.17, 15) is 5.11 Å². The Labute approximate surface area is 115 Å². The molecule has 2 aliphatic rings. The third-order valence-electron chi connectivity index (χ3n) is 4.36. The zero-order chi connectivity index (χ0) is 13.2. The monoisotopic (exact) mass is 261 g/mol. The van der Waals surface area contributed by atoms with Gasteiger partial charge in [-0.15, -0.1) is 0 Å². The molecular formula is C16H23NO2. The lowest BCUT2D eigenvalue weighted by atomic mass is 9.86. The summed E-state index contributed by atoms with van der Waals surface area (Å²) in [6, 6.07) is 6.83. The molecule has 1 saturated heterocycles. The summed E-state index contributed by atoms with van der Waals surface area (Å²) in [5, 5.41) is 13.4. The van der Waals surface area contributed by atoms with Gasteiger partial charge < -0.3 is 15.2 Å². The fourth-order valence-electron chi connectivity index (χ4n) is 3.41. The summed E-state index contributed by atoms with van der Waals surface area (Å²) in [6.07, 6.45) is 6.06. The minimum atomic E-state index is 0.370. The summed E-state index contributed by atoms with van der Waals surface area (Å²) < 4.78 is 5.61. The smallest absolute Gasteiger partial charge is 0.115 e. The Kier molecular flexibility index (Phi) is 3.76. The molecule has 0 amide bonds. The maximum Gasteiger partial charge on any atom is 0.115 e. The number of benzene rings is 1. The predicted octanol–water partition coefficient (Wildman–Crippen LogP) is 2.93. The van der Waals surface area contributed by atoms with Gasteiger partial charge in [-0.3, -0.25) is 0 Å². The molecule has 1 aliphatic carbocycles. The van der Waals surface area contributed by atoms with Crippen molar-refractivity contribution in [3.8, 4) is 5.75 Å². The molecule has 1 aromatic rings. The zero-order valence-corrected chi connectivity index (χ0v) is 11.6. The molecule has 2 N–H and O–H groups in total. The zero-order valence-electron chi connectivity index (χ0n) is 11.6. The molecule has 0 saturated carbocycles. The number of aryl methyl sites for hydroxylation is 1. The van der Waals surface area contributed by atoms with Crippen LogP contribution in [0.1, 0.15) is 49.8 Å². The predicted molar refractivity (Wildman–Crippen MR) is 75.4 cm³/mol. The molecule has 0 aromatic heterocycles. The van der Waals surface area contributed by atoms with Gasteiger partial charge >= 0.3 is 0 Å². The Bertz CT molecular complexity index is 446. The molecule has 3 atom stereocenters. The van der Waals surface area contributed by atoms with E-state index < -0.39 is 0 Å². The molecule has 0 spiro atoms. The van der Waals surface area contributed by atoms with E-state index in [1.807, 2.05) is 12.1 Å². The number of nitrogens with one attached hydrogen (secondary N) is 1. The maximum atomic E-state index is 9.59. The van der Waals surface area contributed by atoms with Crippen LogP contribution in [0.2, 0.25) is 0 Å². The highest BCUT2D eigenvalue weighted by molar-refractivity contribution is 5.38. The molecule has 1 aromatic carbocycles. The van der Waals surface area contributed by atoms with E-state index in [1.54, 1.807) is 0 Å². The molecule has 3 rings (SSSR count). The van der Waals surface area contributed by atoms with Crippen molar-refractivity contribution in [2.75, 3.05) is 6.61 Å². The largest absolute Gasteiger partial charge is 0.508 e. The summed E-state index contributed by atoms with van der Waals surface area (Å²) >= 11 is 0. The average Bonchev–Trinajstić information content (AvgIpc) is 2.38. The first kappa shape index (κ1) is 12.9. The SMILES string of the molecule is CC1CC(NC2CCCc3cc(O)ccc32)CCO1. The summed E-state index contributed by atoms with van der Waals surface area (Å²) in [5.41, 5.74) is 2.69. The van der Waals surface area contributed by atoms with Gasteiger partial charge in [0, 0.05) is 18.7 Å². The summed E-state index contributed by atoms with van der Waals surface area (Å²) in [6.45, 7) is 3.02. The second-order valence-electron chi connectivity index (χ2n) is 5.90. The van der Waals surface area contributed by atoms with Crippen molar-refractivity contribution in [1.82, 2.24) is 5.32 Å². The normalized spacial score (nSPS) is 30.9. The summed E-state index contributed by atoms with van der Waals surface area (Å²) in [5.74, 6) is 0.388. The van der Waals surface area contributed by atoms with Gasteiger partial charge in [0.25, 0.3) is 0 Å². The second-order valence-corrected chi connectivity index (χ2v) is 5.90. The lowest BCUT2D eigenvalue weighted by molar-refractivity contribution is 0.0108. The van der Waals surface area contributed by atoms with Crippen LogP contribution in [0.15, 0.2) is 18.2 Å². The average molecular weight is 261 g/mol. The van der Waals surface area contributed by atoms with Crippen molar-refractivity contribution in [3.63, 3.8) is 0 Å². The Morgan fingerprint density at radius 2 is 2.21 bits per heavy atom. The Hall–Kier alpha value is -1.06. The number of aromatic hydroxyl groups is 1. The fourth-order valence-corrected chi connectivity index (χ4v) is 3.41. The van der Waals surface area contributed by atoms with Crippen LogP contribution in [0.4, 0.5) is 0 Å². The van der Waals surface area contributed by atoms with Gasteiger partial charge in [-0.1, -0.05) is 6.07 Å². The molecule has 19 heavy (non-hydrogen) atoms. The van der Waals surface area contributed by atoms with Gasteiger partial charge in [-0.05, 0) is 62.3 Å². The topological polar surface area (TPSA) is 41.5 Å². The van der Waals surface area contributed by atoms with Gasteiger partial charge in [-0.2, -0.15) is 0 Å². The van der Waals surface area contributed by atoms with Crippen LogP contribution < -0.4 is 5.32 Å². The molecule has 0 bridgehead atoms. The quantitative estimate of drug-likeness (QED) is 0.860. The second kappa shape index (κ2) is 5.51. The van der Waals surface area contributed by atoms with Crippen LogP contribution in [-0.4, -0.2) is 23.9 Å². The highest BCUT2D eigenvalue weighted by Crippen LogP contribution is 2.33. The molecule has 104 valence electrons. The van der Waals surface area contributed by atoms with Gasteiger partial charge in [0.15, 0.2) is 0 Å². The van der Waals surface area contributed by atoms with E-state index in [-0.39, 0.29) is 0 Å². The van der Waals surface area contributed by atoms with Crippen molar-refractivity contribution < 1.29 is 9.84 Å². The molecule has 3 heteroatoms. The van der Waals surface area contributed by atoms with Crippen LogP contribution in [0.5, 0.6) is 5.75 Å². The van der Waals surface area contributed by atoms with Crippen molar-refractivity contribution >= 4 is 0 Å². The van der Waals surface area contributed by atoms with Crippen LogP contribution in [0.25, 0.3) is 0 Å². The number of fused-ring (bicyclic) bond motifs is 1. The molecule has 3 nitrogen and oxygen atoms in total. The highest BCUT2D eigenvalue weighted by atomic mass is 16.5. The van der Waals surface area contributed by atoms with Crippen LogP contribution in [0, 0.1) is 0 Å². The minimum Gasteiger partial charge on any atom is -0.508 e. The third-order valence-corrected chi connectivity index (χ3v) is 4.36. The first-order valence-electron chi connectivity index (χ1n) is 7.42. The Morgan fingerprint density at radius 3 is 3.05 bits per heavy atom. The van der Waals surface area contributed by atoms with Crippen molar-refractivity contribution in [2.45, 2.75) is 57.2 Å². The van der Waals surface area contributed by atoms with Crippen LogP contribution in [-0.2, 0) is 11.2 Å². The van der Waals surface area contributed by atoms with Gasteiger partial charge in [0.2, 0.25) is 0 Å². The van der Waals surface area contributed by atoms with E-state index >= 15 is 0 Å². The van der Waals surface area contributed by atoms with Crippen molar-refractivity contribution in [2.24, 2.45) is 0 Å². The third kappa shape index (κ3) is 2.93. The van der Waals surface area contributed by atoms with E-state index in [0.717, 1.165) is 25.9 Å². The lowest BCUT2D eigenvalue weighted by Gasteiger charge is -2.34. The molecular weight excluding hydrogens is 238 g/mol. The molecule has 1 aliphatic heterocycles. The molecule has 1 fully saturated rings. The molecule has 3 unspecified atom stereocenters. The van der Waals surface area contributed by atoms with Crippen LogP contribution in [0.3, 0.4) is 0 Å². The first-order chi connectivity index (χ1) is 9.22. The summed E-state index contributed by atoms with van der Waals surface area (Å²) in [7, 11) is 0. The first-order valence-corrected chi connectivity index (χ1v) is 7.42. The maximum absolute atomic E-state index is 9.59. The van der Waals surface area contributed by atoms with Crippen LogP contribution >= 0.6 is 0 Å².